The van der Waals surface area contributed by atoms with E-state index in [9.17, 15) is 5.11 Å². The second kappa shape index (κ2) is 6.50. The van der Waals surface area contributed by atoms with Crippen molar-refractivity contribution in [2.24, 2.45) is 5.92 Å². The molecule has 0 spiro atoms. The highest BCUT2D eigenvalue weighted by Gasteiger charge is 2.19. The van der Waals surface area contributed by atoms with Gasteiger partial charge in [0.1, 0.15) is 11.5 Å². The average molecular weight is 238 g/mol. The maximum Gasteiger partial charge on any atom is 0.122 e. The first-order chi connectivity index (χ1) is 8.15. The highest BCUT2D eigenvalue weighted by atomic mass is 16.5. The summed E-state index contributed by atoms with van der Waals surface area (Å²) >= 11 is 0. The van der Waals surface area contributed by atoms with Crippen molar-refractivity contribution < 1.29 is 14.6 Å². The second-order valence-electron chi connectivity index (χ2n) is 4.17. The second-order valence-corrected chi connectivity index (χ2v) is 4.17. The van der Waals surface area contributed by atoms with Crippen LogP contribution in [-0.2, 0) is 0 Å². The Morgan fingerprint density at radius 2 is 1.47 bits per heavy atom. The lowest BCUT2D eigenvalue weighted by Gasteiger charge is -2.21. The molecule has 0 aliphatic rings. The Morgan fingerprint density at radius 3 is 1.82 bits per heavy atom. The van der Waals surface area contributed by atoms with Crippen LogP contribution < -0.4 is 9.47 Å². The molecule has 0 aliphatic heterocycles. The molecule has 0 aliphatic carbocycles. The molecule has 17 heavy (non-hydrogen) atoms. The van der Waals surface area contributed by atoms with Gasteiger partial charge in [-0.2, -0.15) is 0 Å². The first-order valence-corrected chi connectivity index (χ1v) is 6.07. The third-order valence-electron chi connectivity index (χ3n) is 3.21. The van der Waals surface area contributed by atoms with Crippen LogP contribution in [0.3, 0.4) is 0 Å². The van der Waals surface area contributed by atoms with Crippen LogP contribution in [0, 0.1) is 5.92 Å². The third kappa shape index (κ3) is 3.37. The molecule has 1 atom stereocenters. The van der Waals surface area contributed by atoms with Gasteiger partial charge < -0.3 is 14.6 Å². The molecule has 1 aromatic rings. The molecule has 3 heteroatoms. The summed E-state index contributed by atoms with van der Waals surface area (Å²) in [5.41, 5.74) is 0.856. The van der Waals surface area contributed by atoms with Gasteiger partial charge in [-0.1, -0.05) is 26.7 Å². The first-order valence-electron chi connectivity index (χ1n) is 6.07. The van der Waals surface area contributed by atoms with E-state index in [1.807, 2.05) is 18.2 Å². The van der Waals surface area contributed by atoms with Crippen molar-refractivity contribution in [2.45, 2.75) is 32.8 Å². The van der Waals surface area contributed by atoms with E-state index in [2.05, 4.69) is 13.8 Å². The molecule has 0 radical (unpaired) electrons. The van der Waals surface area contributed by atoms with Crippen molar-refractivity contribution in [1.29, 1.82) is 0 Å². The largest absolute Gasteiger partial charge is 0.497 e. The van der Waals surface area contributed by atoms with Crippen LogP contribution in [0.5, 0.6) is 11.5 Å². The van der Waals surface area contributed by atoms with Gasteiger partial charge in [-0.05, 0) is 23.6 Å². The maximum atomic E-state index is 10.3. The minimum atomic E-state index is -0.464. The van der Waals surface area contributed by atoms with Gasteiger partial charge in [-0.15, -0.1) is 0 Å². The quantitative estimate of drug-likeness (QED) is 0.827. The minimum absolute atomic E-state index is 0.270. The minimum Gasteiger partial charge on any atom is -0.497 e. The van der Waals surface area contributed by atoms with Gasteiger partial charge in [0, 0.05) is 6.07 Å². The standard InChI is InChI=1S/C14H22O3/c1-5-10(6-2)14(15)11-7-12(16-3)9-13(8-11)17-4/h7-10,14-15H,5-6H2,1-4H3. The van der Waals surface area contributed by atoms with Crippen LogP contribution in [0.2, 0.25) is 0 Å². The van der Waals surface area contributed by atoms with E-state index in [-0.39, 0.29) is 5.92 Å². The van der Waals surface area contributed by atoms with Crippen molar-refractivity contribution >= 4 is 0 Å². The lowest BCUT2D eigenvalue weighted by Crippen LogP contribution is -2.11. The fourth-order valence-corrected chi connectivity index (χ4v) is 2.01. The number of hydrogen-bond acceptors (Lipinski definition) is 3. The molecule has 1 unspecified atom stereocenters. The Bertz CT molecular complexity index is 323. The van der Waals surface area contributed by atoms with Crippen LogP contribution >= 0.6 is 0 Å². The Kier molecular flexibility index (Phi) is 5.29. The van der Waals surface area contributed by atoms with E-state index in [4.69, 9.17) is 9.47 Å². The highest BCUT2D eigenvalue weighted by molar-refractivity contribution is 5.39. The Hall–Kier alpha value is -1.22. The summed E-state index contributed by atoms with van der Waals surface area (Å²) in [6.45, 7) is 4.18. The van der Waals surface area contributed by atoms with Crippen LogP contribution in [0.15, 0.2) is 18.2 Å². The van der Waals surface area contributed by atoms with Gasteiger partial charge in [0.2, 0.25) is 0 Å². The maximum absolute atomic E-state index is 10.3. The number of aliphatic hydroxyl groups is 1. The molecule has 3 nitrogen and oxygen atoms in total. The smallest absolute Gasteiger partial charge is 0.122 e. The normalized spacial score (nSPS) is 12.6. The summed E-state index contributed by atoms with van der Waals surface area (Å²) in [6.07, 6.45) is 1.45. The fraction of sp³-hybridized carbons (Fsp3) is 0.571. The van der Waals surface area contributed by atoms with Crippen LogP contribution in [-0.4, -0.2) is 19.3 Å². The molecule has 0 fully saturated rings. The molecule has 0 amide bonds. The number of benzene rings is 1. The number of hydrogen-bond donors (Lipinski definition) is 1. The van der Waals surface area contributed by atoms with E-state index in [0.717, 1.165) is 18.4 Å². The summed E-state index contributed by atoms with van der Waals surface area (Å²) in [6, 6.07) is 5.54. The van der Waals surface area contributed by atoms with Crippen molar-refractivity contribution in [3.63, 3.8) is 0 Å². The molecule has 0 saturated carbocycles. The first kappa shape index (κ1) is 13.8. The number of rotatable bonds is 6. The third-order valence-corrected chi connectivity index (χ3v) is 3.21. The van der Waals surface area contributed by atoms with E-state index in [1.54, 1.807) is 14.2 Å². The predicted molar refractivity (Wildman–Crippen MR) is 68.6 cm³/mol. The molecule has 0 saturated heterocycles. The van der Waals surface area contributed by atoms with Crippen molar-refractivity contribution in [3.05, 3.63) is 23.8 Å². The zero-order chi connectivity index (χ0) is 12.8. The van der Waals surface area contributed by atoms with Crippen molar-refractivity contribution in [2.75, 3.05) is 14.2 Å². The van der Waals surface area contributed by atoms with Crippen LogP contribution in [0.1, 0.15) is 38.4 Å². The van der Waals surface area contributed by atoms with Crippen molar-refractivity contribution in [1.82, 2.24) is 0 Å². The topological polar surface area (TPSA) is 38.7 Å². The number of aliphatic hydroxyl groups excluding tert-OH is 1. The van der Waals surface area contributed by atoms with Crippen LogP contribution in [0.25, 0.3) is 0 Å². The molecule has 1 aromatic carbocycles. The lowest BCUT2D eigenvalue weighted by atomic mass is 9.91. The number of methoxy groups -OCH3 is 2. The molecule has 96 valence electrons. The summed E-state index contributed by atoms with van der Waals surface area (Å²) in [5.74, 6) is 1.69. The summed E-state index contributed by atoms with van der Waals surface area (Å²) in [5, 5.41) is 10.3. The van der Waals surface area contributed by atoms with Crippen molar-refractivity contribution in [3.8, 4) is 11.5 Å². The highest BCUT2D eigenvalue weighted by Crippen LogP contribution is 2.32. The molecular weight excluding hydrogens is 216 g/mol. The zero-order valence-corrected chi connectivity index (χ0v) is 11.1. The SMILES string of the molecule is CCC(CC)C(O)c1cc(OC)cc(OC)c1. The number of ether oxygens (including phenoxy) is 2. The van der Waals surface area contributed by atoms with Gasteiger partial charge in [0.25, 0.3) is 0 Å². The monoisotopic (exact) mass is 238 g/mol. The van der Waals surface area contributed by atoms with E-state index in [0.29, 0.717) is 11.5 Å². The summed E-state index contributed by atoms with van der Waals surface area (Å²) in [7, 11) is 3.23. The van der Waals surface area contributed by atoms with Gasteiger partial charge in [-0.25, -0.2) is 0 Å². The molecule has 0 bridgehead atoms. The lowest BCUT2D eigenvalue weighted by molar-refractivity contribution is 0.103. The molecular formula is C14H22O3. The molecule has 0 heterocycles. The predicted octanol–water partition coefficient (Wildman–Crippen LogP) is 3.17. The van der Waals surface area contributed by atoms with E-state index < -0.39 is 6.10 Å². The van der Waals surface area contributed by atoms with Gasteiger partial charge in [0.15, 0.2) is 0 Å². The molecule has 1 N–H and O–H groups in total. The molecule has 1 rings (SSSR count). The summed E-state index contributed by atoms with van der Waals surface area (Å²) in [4.78, 5) is 0. The van der Waals surface area contributed by atoms with Gasteiger partial charge in [-0.3, -0.25) is 0 Å². The Labute approximate surface area is 103 Å². The van der Waals surface area contributed by atoms with Gasteiger partial charge in [0.05, 0.1) is 20.3 Å². The van der Waals surface area contributed by atoms with E-state index in [1.165, 1.54) is 0 Å². The average Bonchev–Trinajstić information content (AvgIpc) is 2.39. The van der Waals surface area contributed by atoms with Crippen LogP contribution in [0.4, 0.5) is 0 Å². The Balaban J connectivity index is 3.02. The Morgan fingerprint density at radius 1 is 1.00 bits per heavy atom. The summed E-state index contributed by atoms with van der Waals surface area (Å²) < 4.78 is 10.4. The fourth-order valence-electron chi connectivity index (χ4n) is 2.01. The molecule has 0 aromatic heterocycles. The zero-order valence-electron chi connectivity index (χ0n) is 11.1. The van der Waals surface area contributed by atoms with E-state index >= 15 is 0 Å². The van der Waals surface area contributed by atoms with Gasteiger partial charge >= 0.3 is 0 Å².